The molecule has 90 valence electrons. The van der Waals surface area contributed by atoms with E-state index in [-0.39, 0.29) is 5.02 Å². The van der Waals surface area contributed by atoms with E-state index in [9.17, 15) is 5.21 Å². The molecule has 0 spiro atoms. The Morgan fingerprint density at radius 2 is 2.11 bits per heavy atom. The third kappa shape index (κ3) is 1.78. The van der Waals surface area contributed by atoms with Gasteiger partial charge in [-0.2, -0.15) is 4.73 Å². The Kier molecular flexibility index (Phi) is 2.41. The number of aryl methyl sites for hydroxylation is 1. The summed E-state index contributed by atoms with van der Waals surface area (Å²) in [5, 5.41) is 11.3. The summed E-state index contributed by atoms with van der Waals surface area (Å²) in [7, 11) is 0. The third-order valence-electron chi connectivity index (χ3n) is 2.51. The Labute approximate surface area is 107 Å². The minimum absolute atomic E-state index is 0.288. The van der Waals surface area contributed by atoms with Crippen LogP contribution in [0.3, 0.4) is 0 Å². The van der Waals surface area contributed by atoms with Gasteiger partial charge in [-0.1, -0.05) is 11.6 Å². The molecule has 0 aliphatic carbocycles. The fraction of sp³-hybridized carbons (Fsp3) is 0.0833. The van der Waals surface area contributed by atoms with Gasteiger partial charge >= 0.3 is 0 Å². The van der Waals surface area contributed by atoms with Crippen molar-refractivity contribution < 1.29 is 9.15 Å². The number of hydrogen-bond acceptors (Lipinski definition) is 4. The van der Waals surface area contributed by atoms with Gasteiger partial charge in [-0.3, -0.25) is 0 Å². The van der Waals surface area contributed by atoms with Gasteiger partial charge in [0, 0.05) is 11.8 Å². The number of oxazole rings is 1. The van der Waals surface area contributed by atoms with Crippen LogP contribution in [0.1, 0.15) is 5.69 Å². The molecule has 18 heavy (non-hydrogen) atoms. The highest BCUT2D eigenvalue weighted by molar-refractivity contribution is 6.32. The van der Waals surface area contributed by atoms with Crippen LogP contribution in [0.15, 0.2) is 35.0 Å². The maximum Gasteiger partial charge on any atom is 0.247 e. The zero-order valence-corrected chi connectivity index (χ0v) is 10.2. The highest BCUT2D eigenvalue weighted by atomic mass is 35.5. The second-order valence-electron chi connectivity index (χ2n) is 3.86. The summed E-state index contributed by atoms with van der Waals surface area (Å²) in [5.74, 6) is 0.355. The Balaban J connectivity index is 2.19. The van der Waals surface area contributed by atoms with Gasteiger partial charge in [0.25, 0.3) is 0 Å². The van der Waals surface area contributed by atoms with E-state index in [0.29, 0.717) is 27.4 Å². The Morgan fingerprint density at radius 1 is 1.28 bits per heavy atom. The largest absolute Gasteiger partial charge is 0.619 e. The van der Waals surface area contributed by atoms with Crippen molar-refractivity contribution in [1.29, 1.82) is 0 Å². The van der Waals surface area contributed by atoms with Crippen LogP contribution in [0.5, 0.6) is 0 Å². The van der Waals surface area contributed by atoms with Crippen molar-refractivity contribution in [3.05, 3.63) is 46.5 Å². The zero-order chi connectivity index (χ0) is 12.7. The second-order valence-corrected chi connectivity index (χ2v) is 4.27. The number of aromatic nitrogens is 3. The van der Waals surface area contributed by atoms with Gasteiger partial charge in [0.2, 0.25) is 11.6 Å². The molecule has 0 aromatic carbocycles. The summed E-state index contributed by atoms with van der Waals surface area (Å²) >= 11 is 5.98. The van der Waals surface area contributed by atoms with Crippen LogP contribution >= 0.6 is 11.6 Å². The third-order valence-corrected chi connectivity index (χ3v) is 2.81. The van der Waals surface area contributed by atoms with E-state index in [4.69, 9.17) is 16.0 Å². The average molecular weight is 262 g/mol. The maximum atomic E-state index is 11.1. The molecule has 0 unspecified atom stereocenters. The summed E-state index contributed by atoms with van der Waals surface area (Å²) in [6.07, 6.45) is 2.60. The van der Waals surface area contributed by atoms with Gasteiger partial charge < -0.3 is 9.62 Å². The highest BCUT2D eigenvalue weighted by Crippen LogP contribution is 2.28. The molecule has 0 bridgehead atoms. The van der Waals surface area contributed by atoms with E-state index in [1.54, 1.807) is 6.07 Å². The van der Waals surface area contributed by atoms with Crippen molar-refractivity contribution in [2.45, 2.75) is 6.92 Å². The van der Waals surface area contributed by atoms with Crippen LogP contribution in [0.2, 0.25) is 5.02 Å². The van der Waals surface area contributed by atoms with Crippen LogP contribution in [-0.4, -0.2) is 9.97 Å². The van der Waals surface area contributed by atoms with Crippen molar-refractivity contribution in [2.75, 3.05) is 0 Å². The fourth-order valence-electron chi connectivity index (χ4n) is 1.65. The molecule has 3 aromatic rings. The zero-order valence-electron chi connectivity index (χ0n) is 9.42. The van der Waals surface area contributed by atoms with E-state index in [1.165, 1.54) is 12.4 Å². The first-order valence-corrected chi connectivity index (χ1v) is 5.64. The lowest BCUT2D eigenvalue weighted by Crippen LogP contribution is -2.24. The standard InChI is InChI=1S/C12H8ClN3O2/c1-7-2-3-10-12(14-7)18-11(15-10)8-4-5-16(17)6-9(8)13/h2-6H,1H3. The maximum absolute atomic E-state index is 11.1. The molecule has 0 saturated heterocycles. The van der Waals surface area contributed by atoms with E-state index in [0.717, 1.165) is 5.69 Å². The SMILES string of the molecule is Cc1ccc2nc(-c3cc[n+]([O-])cc3Cl)oc2n1. The van der Waals surface area contributed by atoms with Crippen molar-refractivity contribution >= 4 is 22.8 Å². The molecule has 0 fully saturated rings. The highest BCUT2D eigenvalue weighted by Gasteiger charge is 2.14. The number of halogens is 1. The first kappa shape index (κ1) is 11.0. The molecule has 0 aliphatic heterocycles. The molecule has 3 aromatic heterocycles. The first-order chi connectivity index (χ1) is 8.63. The number of nitrogens with zero attached hydrogens (tertiary/aromatic N) is 3. The molecular formula is C12H8ClN3O2. The predicted molar refractivity (Wildman–Crippen MR) is 65.9 cm³/mol. The van der Waals surface area contributed by atoms with Crippen LogP contribution in [-0.2, 0) is 0 Å². The van der Waals surface area contributed by atoms with E-state index in [1.807, 2.05) is 19.1 Å². The van der Waals surface area contributed by atoms with Crippen LogP contribution in [0.4, 0.5) is 0 Å². The van der Waals surface area contributed by atoms with Gasteiger partial charge in [-0.15, -0.1) is 0 Å². The number of hydrogen-bond donors (Lipinski definition) is 0. The predicted octanol–water partition coefficient (Wildman–Crippen LogP) is 2.49. The monoisotopic (exact) mass is 261 g/mol. The molecule has 0 saturated carbocycles. The van der Waals surface area contributed by atoms with Crippen molar-refractivity contribution in [1.82, 2.24) is 9.97 Å². The first-order valence-electron chi connectivity index (χ1n) is 5.26. The Morgan fingerprint density at radius 3 is 2.89 bits per heavy atom. The quantitative estimate of drug-likeness (QED) is 0.499. The molecule has 3 heterocycles. The smallest absolute Gasteiger partial charge is 0.247 e. The molecule has 5 nitrogen and oxygen atoms in total. The minimum atomic E-state index is 0.288. The van der Waals surface area contributed by atoms with E-state index in [2.05, 4.69) is 9.97 Å². The van der Waals surface area contributed by atoms with Gasteiger partial charge in [0.1, 0.15) is 10.5 Å². The average Bonchev–Trinajstić information content (AvgIpc) is 2.71. The molecule has 0 N–H and O–H groups in total. The number of fused-ring (bicyclic) bond motifs is 1. The molecule has 3 rings (SSSR count). The summed E-state index contributed by atoms with van der Waals surface area (Å²) in [5.41, 5.74) is 2.53. The Hall–Kier alpha value is -2.14. The van der Waals surface area contributed by atoms with Crippen LogP contribution in [0.25, 0.3) is 22.7 Å². The number of rotatable bonds is 1. The Bertz CT molecular complexity index is 739. The van der Waals surface area contributed by atoms with E-state index < -0.39 is 0 Å². The lowest BCUT2D eigenvalue weighted by atomic mass is 10.3. The summed E-state index contributed by atoms with van der Waals surface area (Å²) in [4.78, 5) is 8.52. The number of pyridine rings is 2. The summed E-state index contributed by atoms with van der Waals surface area (Å²) in [6.45, 7) is 1.87. The molecular weight excluding hydrogens is 254 g/mol. The lowest BCUT2D eigenvalue weighted by molar-refractivity contribution is -0.605. The normalized spacial score (nSPS) is 11.0. The van der Waals surface area contributed by atoms with Gasteiger partial charge in [0.15, 0.2) is 12.4 Å². The molecule has 6 heteroatoms. The van der Waals surface area contributed by atoms with Gasteiger partial charge in [0.05, 0.1) is 5.56 Å². The summed E-state index contributed by atoms with van der Waals surface area (Å²) in [6, 6.07) is 5.25. The molecule has 0 amide bonds. The van der Waals surface area contributed by atoms with Crippen LogP contribution in [0, 0.1) is 12.1 Å². The molecule has 0 radical (unpaired) electrons. The molecule has 0 aliphatic rings. The van der Waals surface area contributed by atoms with Crippen molar-refractivity contribution in [3.8, 4) is 11.5 Å². The van der Waals surface area contributed by atoms with Crippen molar-refractivity contribution in [3.63, 3.8) is 0 Å². The van der Waals surface area contributed by atoms with Gasteiger partial charge in [-0.25, -0.2) is 9.97 Å². The minimum Gasteiger partial charge on any atom is -0.619 e. The second kappa shape index (κ2) is 3.96. The fourth-order valence-corrected chi connectivity index (χ4v) is 1.89. The van der Waals surface area contributed by atoms with Crippen molar-refractivity contribution in [2.24, 2.45) is 0 Å². The van der Waals surface area contributed by atoms with Gasteiger partial charge in [-0.05, 0) is 19.1 Å². The summed E-state index contributed by atoms with van der Waals surface area (Å²) < 4.78 is 6.16. The van der Waals surface area contributed by atoms with Crippen LogP contribution < -0.4 is 4.73 Å². The molecule has 0 atom stereocenters. The lowest BCUT2D eigenvalue weighted by Gasteiger charge is -1.99. The van der Waals surface area contributed by atoms with E-state index >= 15 is 0 Å². The topological polar surface area (TPSA) is 65.9 Å².